The van der Waals surface area contributed by atoms with Gasteiger partial charge in [0.25, 0.3) is 0 Å². The van der Waals surface area contributed by atoms with Crippen LogP contribution < -0.4 is 10.5 Å². The van der Waals surface area contributed by atoms with E-state index >= 15 is 0 Å². The minimum Gasteiger partial charge on any atom is -0.491 e. The number of anilines is 1. The van der Waals surface area contributed by atoms with Crippen LogP contribution in [0.4, 0.5) is 5.69 Å². The summed E-state index contributed by atoms with van der Waals surface area (Å²) in [6, 6.07) is 7.20. The Hall–Kier alpha value is -1.79. The number of para-hydroxylation sites is 2. The quantitative estimate of drug-likeness (QED) is 0.779. The van der Waals surface area contributed by atoms with Gasteiger partial charge in [0.15, 0.2) is 0 Å². The Morgan fingerprint density at radius 2 is 2.24 bits per heavy atom. The van der Waals surface area contributed by atoms with Crippen LogP contribution in [0.3, 0.4) is 0 Å². The topological polar surface area (TPSA) is 85.0 Å². The second-order valence-corrected chi connectivity index (χ2v) is 5.19. The van der Waals surface area contributed by atoms with Crippen molar-refractivity contribution in [3.05, 3.63) is 24.3 Å². The lowest BCUT2D eigenvalue weighted by atomic mass is 10.2. The fraction of sp³-hybridized carbons (Fsp3) is 0.533. The summed E-state index contributed by atoms with van der Waals surface area (Å²) in [5, 5.41) is 9.16. The molecule has 6 heteroatoms. The third kappa shape index (κ3) is 4.34. The molecule has 0 bridgehead atoms. The Balaban J connectivity index is 1.80. The molecule has 0 spiro atoms. The van der Waals surface area contributed by atoms with Crippen molar-refractivity contribution in [3.63, 3.8) is 0 Å². The highest BCUT2D eigenvalue weighted by atomic mass is 16.5. The van der Waals surface area contributed by atoms with Gasteiger partial charge in [-0.1, -0.05) is 12.1 Å². The third-order valence-electron chi connectivity index (χ3n) is 3.38. The molecule has 2 atom stereocenters. The van der Waals surface area contributed by atoms with E-state index in [0.717, 1.165) is 0 Å². The number of nitrogens with two attached hydrogens (primary N) is 1. The van der Waals surface area contributed by atoms with Crippen molar-refractivity contribution in [2.24, 2.45) is 0 Å². The highest BCUT2D eigenvalue weighted by Crippen LogP contribution is 2.20. The van der Waals surface area contributed by atoms with E-state index in [-0.39, 0.29) is 37.7 Å². The normalized spacial score (nSPS) is 22.1. The van der Waals surface area contributed by atoms with Gasteiger partial charge < -0.3 is 25.2 Å². The standard InChI is InChI=1S/C15H22N2O4/c1-11-8-17(9-12(10-18)21-11)15(19)6-7-20-14-5-3-2-4-13(14)16/h2-5,11-12,18H,6-10,16H2,1H3. The van der Waals surface area contributed by atoms with Crippen LogP contribution in [-0.4, -0.2) is 54.4 Å². The Morgan fingerprint density at radius 3 is 2.95 bits per heavy atom. The van der Waals surface area contributed by atoms with Gasteiger partial charge >= 0.3 is 0 Å². The van der Waals surface area contributed by atoms with Crippen molar-refractivity contribution in [2.75, 3.05) is 32.0 Å². The maximum Gasteiger partial charge on any atom is 0.226 e. The number of nitrogen functional groups attached to an aromatic ring is 1. The van der Waals surface area contributed by atoms with E-state index in [4.69, 9.17) is 20.3 Å². The molecule has 1 fully saturated rings. The van der Waals surface area contributed by atoms with Gasteiger partial charge in [0.05, 0.1) is 37.5 Å². The summed E-state index contributed by atoms with van der Waals surface area (Å²) in [5.41, 5.74) is 6.33. The van der Waals surface area contributed by atoms with Gasteiger partial charge in [-0.2, -0.15) is 0 Å². The number of ether oxygens (including phenoxy) is 2. The molecule has 116 valence electrons. The van der Waals surface area contributed by atoms with Crippen LogP contribution in [0.25, 0.3) is 0 Å². The molecule has 1 aromatic rings. The van der Waals surface area contributed by atoms with Gasteiger partial charge in [-0.05, 0) is 19.1 Å². The molecule has 1 aromatic carbocycles. The molecule has 2 unspecified atom stereocenters. The Bertz CT molecular complexity index is 480. The van der Waals surface area contributed by atoms with E-state index in [1.54, 1.807) is 17.0 Å². The molecule has 1 amide bonds. The predicted octanol–water partition coefficient (Wildman–Crippen LogP) is 0.646. The monoisotopic (exact) mass is 294 g/mol. The maximum atomic E-state index is 12.2. The molecule has 2 rings (SSSR count). The fourth-order valence-electron chi connectivity index (χ4n) is 2.37. The second-order valence-electron chi connectivity index (χ2n) is 5.19. The number of rotatable bonds is 5. The van der Waals surface area contributed by atoms with E-state index in [2.05, 4.69) is 0 Å². The number of hydrogen-bond donors (Lipinski definition) is 2. The summed E-state index contributed by atoms with van der Waals surface area (Å²) in [6.07, 6.45) is -0.0898. The number of amides is 1. The number of morpholine rings is 1. The highest BCUT2D eigenvalue weighted by Gasteiger charge is 2.27. The number of hydrogen-bond acceptors (Lipinski definition) is 5. The van der Waals surface area contributed by atoms with Crippen molar-refractivity contribution in [1.82, 2.24) is 4.90 Å². The van der Waals surface area contributed by atoms with Crippen molar-refractivity contribution in [1.29, 1.82) is 0 Å². The number of benzene rings is 1. The highest BCUT2D eigenvalue weighted by molar-refractivity contribution is 5.76. The number of carbonyl (C=O) groups is 1. The van der Waals surface area contributed by atoms with Crippen LogP contribution in [0.1, 0.15) is 13.3 Å². The van der Waals surface area contributed by atoms with Crippen molar-refractivity contribution < 1.29 is 19.4 Å². The Morgan fingerprint density at radius 1 is 1.48 bits per heavy atom. The van der Waals surface area contributed by atoms with Crippen LogP contribution in [0, 0.1) is 0 Å². The van der Waals surface area contributed by atoms with E-state index in [9.17, 15) is 4.79 Å². The summed E-state index contributed by atoms with van der Waals surface area (Å²) in [7, 11) is 0. The third-order valence-corrected chi connectivity index (χ3v) is 3.38. The van der Waals surface area contributed by atoms with Crippen LogP contribution >= 0.6 is 0 Å². The molecular formula is C15H22N2O4. The number of aliphatic hydroxyl groups is 1. The van der Waals surface area contributed by atoms with Gasteiger partial charge in [-0.15, -0.1) is 0 Å². The largest absolute Gasteiger partial charge is 0.491 e. The first-order valence-electron chi connectivity index (χ1n) is 7.11. The van der Waals surface area contributed by atoms with Crippen molar-refractivity contribution in [3.8, 4) is 5.75 Å². The molecule has 1 aliphatic rings. The summed E-state index contributed by atoms with van der Waals surface area (Å²) in [6.45, 7) is 3.06. The SMILES string of the molecule is CC1CN(C(=O)CCOc2ccccc2N)CC(CO)O1. The van der Waals surface area contributed by atoms with E-state index < -0.39 is 0 Å². The lowest BCUT2D eigenvalue weighted by Crippen LogP contribution is -2.50. The molecule has 0 radical (unpaired) electrons. The smallest absolute Gasteiger partial charge is 0.226 e. The number of carbonyl (C=O) groups excluding carboxylic acids is 1. The average Bonchev–Trinajstić information content (AvgIpc) is 2.48. The second kappa shape index (κ2) is 7.28. The summed E-state index contributed by atoms with van der Waals surface area (Å²) in [4.78, 5) is 13.9. The average molecular weight is 294 g/mol. The molecule has 1 aliphatic heterocycles. The first-order valence-corrected chi connectivity index (χ1v) is 7.11. The zero-order valence-electron chi connectivity index (χ0n) is 12.2. The minimum absolute atomic E-state index is 0.00176. The molecule has 1 saturated heterocycles. The predicted molar refractivity (Wildman–Crippen MR) is 79.0 cm³/mol. The van der Waals surface area contributed by atoms with E-state index in [0.29, 0.717) is 24.5 Å². The summed E-state index contributed by atoms with van der Waals surface area (Å²) in [5.74, 6) is 0.590. The lowest BCUT2D eigenvalue weighted by molar-refractivity contribution is -0.147. The first-order chi connectivity index (χ1) is 10.1. The van der Waals surface area contributed by atoms with Gasteiger partial charge in [0.1, 0.15) is 5.75 Å². The van der Waals surface area contributed by atoms with Crippen molar-refractivity contribution >= 4 is 11.6 Å². The molecule has 0 aromatic heterocycles. The molecule has 1 heterocycles. The number of nitrogens with zero attached hydrogens (tertiary/aromatic N) is 1. The summed E-state index contributed by atoms with van der Waals surface area (Å²) >= 11 is 0. The van der Waals surface area contributed by atoms with E-state index in [1.165, 1.54) is 0 Å². The van der Waals surface area contributed by atoms with Crippen LogP contribution in [0.15, 0.2) is 24.3 Å². The van der Waals surface area contributed by atoms with Gasteiger partial charge in [-0.25, -0.2) is 0 Å². The molecule has 3 N–H and O–H groups in total. The molecule has 0 saturated carbocycles. The number of aliphatic hydroxyl groups excluding tert-OH is 1. The van der Waals surface area contributed by atoms with E-state index in [1.807, 2.05) is 19.1 Å². The minimum atomic E-state index is -0.302. The zero-order valence-corrected chi connectivity index (χ0v) is 12.2. The molecule has 21 heavy (non-hydrogen) atoms. The Kier molecular flexibility index (Phi) is 5.41. The van der Waals surface area contributed by atoms with Gasteiger partial charge in [-0.3, -0.25) is 4.79 Å². The molecule has 6 nitrogen and oxygen atoms in total. The summed E-state index contributed by atoms with van der Waals surface area (Å²) < 4.78 is 11.0. The molecule has 0 aliphatic carbocycles. The molecular weight excluding hydrogens is 272 g/mol. The maximum absolute atomic E-state index is 12.2. The van der Waals surface area contributed by atoms with Gasteiger partial charge in [0, 0.05) is 13.1 Å². The lowest BCUT2D eigenvalue weighted by Gasteiger charge is -2.36. The zero-order chi connectivity index (χ0) is 15.2. The van der Waals surface area contributed by atoms with Crippen LogP contribution in [0.5, 0.6) is 5.75 Å². The first kappa shape index (κ1) is 15.6. The van der Waals surface area contributed by atoms with Gasteiger partial charge in [0.2, 0.25) is 5.91 Å². The Labute approximate surface area is 124 Å². The van der Waals surface area contributed by atoms with Crippen LogP contribution in [0.2, 0.25) is 0 Å². The van der Waals surface area contributed by atoms with Crippen molar-refractivity contribution in [2.45, 2.75) is 25.6 Å². The van der Waals surface area contributed by atoms with Crippen LogP contribution in [-0.2, 0) is 9.53 Å². The fourth-order valence-corrected chi connectivity index (χ4v) is 2.37.